The van der Waals surface area contributed by atoms with E-state index in [1.807, 2.05) is 6.92 Å². The number of hydrogen-bond acceptors (Lipinski definition) is 6. The molecule has 2 aromatic rings. The number of fused-ring (bicyclic) bond motifs is 1. The number of thiophene rings is 1. The fourth-order valence-electron chi connectivity index (χ4n) is 1.80. The zero-order valence-electron chi connectivity index (χ0n) is 11.3. The fourth-order valence-corrected chi connectivity index (χ4v) is 2.85. The zero-order chi connectivity index (χ0) is 15.6. The molecule has 0 unspecified atom stereocenters. The Morgan fingerprint density at radius 2 is 2.24 bits per heavy atom. The number of hydrogen-bond donors (Lipinski definition) is 1. The van der Waals surface area contributed by atoms with E-state index in [0.29, 0.717) is 21.6 Å². The Hall–Kier alpha value is -2.48. The lowest BCUT2D eigenvalue weighted by Gasteiger charge is -2.05. The van der Waals surface area contributed by atoms with Crippen molar-refractivity contribution in [3.05, 3.63) is 32.9 Å². The van der Waals surface area contributed by atoms with Crippen molar-refractivity contribution in [1.82, 2.24) is 4.57 Å². The average molecular weight is 308 g/mol. The number of pyridine rings is 1. The highest BCUT2D eigenvalue weighted by Gasteiger charge is 2.16. The number of carbonyl (C=O) groups excluding carboxylic acids is 1. The molecule has 0 atom stereocenters. The molecule has 8 heteroatoms. The number of aryl methyl sites for hydroxylation is 1. The second-order valence-electron chi connectivity index (χ2n) is 4.15. The Morgan fingerprint density at radius 3 is 2.81 bits per heavy atom. The van der Waals surface area contributed by atoms with E-state index in [9.17, 15) is 14.4 Å². The van der Waals surface area contributed by atoms with Gasteiger partial charge in [0.05, 0.1) is 16.5 Å². The maximum atomic E-state index is 12.1. The van der Waals surface area contributed by atoms with Gasteiger partial charge in [0, 0.05) is 19.7 Å². The largest absolute Gasteiger partial charge is 0.477 e. The highest BCUT2D eigenvalue weighted by molar-refractivity contribution is 7.20. The third-order valence-corrected chi connectivity index (χ3v) is 3.81. The van der Waals surface area contributed by atoms with Crippen LogP contribution in [0, 0.1) is 0 Å². The van der Waals surface area contributed by atoms with Gasteiger partial charge in [-0.15, -0.1) is 11.3 Å². The summed E-state index contributed by atoms with van der Waals surface area (Å²) >= 11 is 1.26. The molecule has 0 saturated heterocycles. The predicted octanol–water partition coefficient (Wildman–Crippen LogP) is 1.68. The maximum Gasteiger partial charge on any atom is 0.341 e. The molecule has 0 spiro atoms. The van der Waals surface area contributed by atoms with Crippen molar-refractivity contribution in [2.45, 2.75) is 20.4 Å². The first-order chi connectivity index (χ1) is 9.93. The lowest BCUT2D eigenvalue weighted by atomic mass is 10.2. The van der Waals surface area contributed by atoms with E-state index in [2.05, 4.69) is 9.99 Å². The van der Waals surface area contributed by atoms with Gasteiger partial charge in [-0.3, -0.25) is 4.79 Å². The maximum absolute atomic E-state index is 12.1. The Morgan fingerprint density at radius 1 is 1.52 bits per heavy atom. The Labute approximate surface area is 123 Å². The van der Waals surface area contributed by atoms with Crippen LogP contribution in [0.1, 0.15) is 29.1 Å². The number of aromatic carboxylic acids is 1. The second-order valence-corrected chi connectivity index (χ2v) is 5.21. The third-order valence-electron chi connectivity index (χ3n) is 2.70. The number of aromatic nitrogens is 1. The van der Waals surface area contributed by atoms with Crippen LogP contribution in [0.15, 0.2) is 22.2 Å². The summed E-state index contributed by atoms with van der Waals surface area (Å²) in [6, 6.07) is 1.54. The summed E-state index contributed by atoms with van der Waals surface area (Å²) in [5.74, 6) is -1.81. The van der Waals surface area contributed by atoms with Gasteiger partial charge in [0.1, 0.15) is 10.4 Å². The van der Waals surface area contributed by atoms with Crippen molar-refractivity contribution in [2.75, 3.05) is 0 Å². The average Bonchev–Trinajstić information content (AvgIpc) is 2.83. The van der Waals surface area contributed by atoms with Crippen molar-refractivity contribution in [3.63, 3.8) is 0 Å². The SMILES string of the molecule is CCn1cc(C(=O)O)c(=O)c2cc(/C=N/OC(C)=O)sc21. The van der Waals surface area contributed by atoms with Gasteiger partial charge in [0.25, 0.3) is 0 Å². The summed E-state index contributed by atoms with van der Waals surface area (Å²) in [5, 5.41) is 12.9. The standard InChI is InChI=1S/C13H12N2O5S/c1-3-15-6-10(13(18)19)11(17)9-4-8(21-12(9)15)5-14-20-7(2)16/h4-6H,3H2,1-2H3,(H,18,19)/b14-5+. The van der Waals surface area contributed by atoms with Gasteiger partial charge in [-0.1, -0.05) is 5.16 Å². The fraction of sp³-hybridized carbons (Fsp3) is 0.231. The van der Waals surface area contributed by atoms with Crippen LogP contribution in [0.5, 0.6) is 0 Å². The van der Waals surface area contributed by atoms with Crippen molar-refractivity contribution in [2.24, 2.45) is 5.16 Å². The molecule has 0 amide bonds. The molecule has 0 fully saturated rings. The number of oxime groups is 1. The summed E-state index contributed by atoms with van der Waals surface area (Å²) in [6.07, 6.45) is 2.64. The summed E-state index contributed by atoms with van der Waals surface area (Å²) in [7, 11) is 0. The molecule has 0 aliphatic rings. The van der Waals surface area contributed by atoms with Crippen LogP contribution in [0.2, 0.25) is 0 Å². The highest BCUT2D eigenvalue weighted by Crippen LogP contribution is 2.23. The quantitative estimate of drug-likeness (QED) is 0.526. The van der Waals surface area contributed by atoms with Crippen molar-refractivity contribution < 1.29 is 19.5 Å². The molecule has 110 valence electrons. The molecular formula is C13H12N2O5S. The zero-order valence-corrected chi connectivity index (χ0v) is 12.1. The molecule has 2 rings (SSSR count). The van der Waals surface area contributed by atoms with Crippen LogP contribution < -0.4 is 5.43 Å². The van der Waals surface area contributed by atoms with Gasteiger partial charge in [0.15, 0.2) is 0 Å². The first-order valence-electron chi connectivity index (χ1n) is 6.05. The van der Waals surface area contributed by atoms with E-state index in [-0.39, 0.29) is 5.56 Å². The third kappa shape index (κ3) is 3.00. The van der Waals surface area contributed by atoms with E-state index in [0.717, 1.165) is 0 Å². The van der Waals surface area contributed by atoms with Crippen molar-refractivity contribution in [1.29, 1.82) is 0 Å². The normalized spacial score (nSPS) is 11.1. The van der Waals surface area contributed by atoms with Gasteiger partial charge in [0.2, 0.25) is 5.43 Å². The highest BCUT2D eigenvalue weighted by atomic mass is 32.1. The smallest absolute Gasteiger partial charge is 0.341 e. The van der Waals surface area contributed by atoms with Crippen LogP contribution in [0.25, 0.3) is 10.2 Å². The van der Waals surface area contributed by atoms with Gasteiger partial charge in [-0.2, -0.15) is 0 Å². The van der Waals surface area contributed by atoms with Crippen molar-refractivity contribution in [3.8, 4) is 0 Å². The van der Waals surface area contributed by atoms with E-state index in [1.165, 1.54) is 36.7 Å². The molecule has 0 aromatic carbocycles. The Kier molecular flexibility index (Phi) is 4.18. The number of rotatable bonds is 4. The van der Waals surface area contributed by atoms with Gasteiger partial charge >= 0.3 is 11.9 Å². The number of nitrogens with zero attached hydrogens (tertiary/aromatic N) is 2. The molecule has 2 heterocycles. The second kappa shape index (κ2) is 5.88. The van der Waals surface area contributed by atoms with Crippen LogP contribution in [-0.4, -0.2) is 27.8 Å². The topological polar surface area (TPSA) is 98.0 Å². The Bertz CT molecular complexity index is 803. The molecule has 2 aromatic heterocycles. The monoisotopic (exact) mass is 308 g/mol. The lowest BCUT2D eigenvalue weighted by Crippen LogP contribution is -2.17. The molecule has 0 bridgehead atoms. The predicted molar refractivity (Wildman–Crippen MR) is 78.1 cm³/mol. The van der Waals surface area contributed by atoms with E-state index < -0.39 is 17.4 Å². The first kappa shape index (κ1) is 14.9. The van der Waals surface area contributed by atoms with E-state index in [4.69, 9.17) is 5.11 Å². The molecule has 0 radical (unpaired) electrons. The minimum atomic E-state index is -1.26. The van der Waals surface area contributed by atoms with Crippen LogP contribution in [-0.2, 0) is 16.2 Å². The summed E-state index contributed by atoms with van der Waals surface area (Å²) in [5.41, 5.74) is -0.809. The lowest BCUT2D eigenvalue weighted by molar-refractivity contribution is -0.140. The minimum Gasteiger partial charge on any atom is -0.477 e. The summed E-state index contributed by atoms with van der Waals surface area (Å²) in [6.45, 7) is 3.60. The first-order valence-corrected chi connectivity index (χ1v) is 6.87. The minimum absolute atomic E-state index is 0.273. The van der Waals surface area contributed by atoms with Gasteiger partial charge in [-0.05, 0) is 13.0 Å². The number of carboxylic acids is 1. The van der Waals surface area contributed by atoms with Gasteiger partial charge < -0.3 is 14.5 Å². The van der Waals surface area contributed by atoms with Crippen LogP contribution >= 0.6 is 11.3 Å². The van der Waals surface area contributed by atoms with Gasteiger partial charge in [-0.25, -0.2) is 9.59 Å². The molecular weight excluding hydrogens is 296 g/mol. The molecule has 0 aliphatic heterocycles. The Balaban J connectivity index is 2.58. The molecule has 21 heavy (non-hydrogen) atoms. The van der Waals surface area contributed by atoms with Crippen LogP contribution in [0.4, 0.5) is 0 Å². The van der Waals surface area contributed by atoms with E-state index in [1.54, 1.807) is 4.57 Å². The summed E-state index contributed by atoms with van der Waals surface area (Å²) < 4.78 is 1.69. The molecule has 7 nitrogen and oxygen atoms in total. The van der Waals surface area contributed by atoms with Crippen molar-refractivity contribution >= 4 is 39.7 Å². The number of carboxylic acid groups (broad SMARTS) is 1. The van der Waals surface area contributed by atoms with E-state index >= 15 is 0 Å². The molecule has 0 saturated carbocycles. The van der Waals surface area contributed by atoms with Crippen LogP contribution in [0.3, 0.4) is 0 Å². The molecule has 1 N–H and O–H groups in total. The molecule has 0 aliphatic carbocycles. The number of carbonyl (C=O) groups is 2. The summed E-state index contributed by atoms with van der Waals surface area (Å²) in [4.78, 5) is 39.5.